The Morgan fingerprint density at radius 2 is 1.06 bits per heavy atom. The van der Waals surface area contributed by atoms with Crippen molar-refractivity contribution in [3.63, 3.8) is 0 Å². The predicted octanol–water partition coefficient (Wildman–Crippen LogP) is 10.8. The summed E-state index contributed by atoms with van der Waals surface area (Å²) in [7, 11) is 0. The number of nitrogens with two attached hydrogens (primary N) is 1. The normalized spacial score (nSPS) is 17.4. The molecule has 7 aromatic rings. The molecule has 0 spiro atoms. The number of halogens is 2. The number of fused-ring (bicyclic) bond motifs is 2. The first kappa shape index (κ1) is 71.0. The van der Waals surface area contributed by atoms with E-state index < -0.39 is 40.4 Å². The van der Waals surface area contributed by atoms with Crippen LogP contribution in [0.2, 0.25) is 10.0 Å². The van der Waals surface area contributed by atoms with Gasteiger partial charge in [-0.05, 0) is 159 Å². The second-order valence-corrected chi connectivity index (χ2v) is 27.5. The van der Waals surface area contributed by atoms with Gasteiger partial charge < -0.3 is 70.6 Å². The lowest BCUT2D eigenvalue weighted by atomic mass is 9.85. The fourth-order valence-corrected chi connectivity index (χ4v) is 12.4. The summed E-state index contributed by atoms with van der Waals surface area (Å²) in [5.74, 6) is 0.305. The maximum Gasteiger partial charge on any atom is 0.410 e. The fraction of sp³-hybridized carbons (Fsp3) is 0.493. The standard InChI is InChI=1S/C31H42ClN7O3.C21H26ClN3O2.C17H23N5O4/c1-30(2,3)42-29(41)37-31(13-19-39(20-14-31)27-24-11-15-33-26(24)34-21-35-27)28(40)36-25(22-7-9-23(32)10-8-22)12-18-38-16-5-4-6-17-38;22-19-8-6-18(7-9-19)20(23)10-11-24-12-14-25(15-13-24)21(26)27-16-17-4-2-1-3-5-17;1-16(2,3)26-15(25)21-17(14(23)24)5-8-22(9-6-17)13-11-4-7-18-12(11)19-10-20-13/h7-11,15,21,25H,4-6,12-14,16-20H2,1-3H3,(H,36,40)(H,37,41)(H,33,34,35);1-9,20H,10-16,23H2;4,7,10H,5-6,8-9H2,1-3H3,(H,21,25)(H,23,24)(H,18,19,20)/t25-;20-;/m00./s1. The largest absolute Gasteiger partial charge is 0.480 e. The minimum Gasteiger partial charge on any atom is -0.480 e. The third-order valence-corrected chi connectivity index (χ3v) is 18.0. The van der Waals surface area contributed by atoms with Gasteiger partial charge >= 0.3 is 24.2 Å². The number of carbonyl (C=O) groups excluding carboxylic acids is 4. The molecule has 4 aromatic heterocycles. The molecule has 24 nitrogen and oxygen atoms in total. The molecule has 0 saturated carbocycles. The Kier molecular flexibility index (Phi) is 24.2. The van der Waals surface area contributed by atoms with Crippen LogP contribution in [0.1, 0.15) is 128 Å². The highest BCUT2D eigenvalue weighted by molar-refractivity contribution is 6.30. The number of H-pyrrole nitrogens is 2. The summed E-state index contributed by atoms with van der Waals surface area (Å²) in [5.41, 5.74) is 7.00. The van der Waals surface area contributed by atoms with Crippen LogP contribution < -0.4 is 31.5 Å². The van der Waals surface area contributed by atoms with Crippen LogP contribution in [-0.2, 0) is 30.4 Å². The number of piperazine rings is 1. The van der Waals surface area contributed by atoms with Gasteiger partial charge in [0.05, 0.1) is 16.8 Å². The molecule has 0 bridgehead atoms. The summed E-state index contributed by atoms with van der Waals surface area (Å²) in [4.78, 5) is 97.8. The van der Waals surface area contributed by atoms with Crippen LogP contribution in [0.5, 0.6) is 0 Å². The van der Waals surface area contributed by atoms with E-state index in [1.54, 1.807) is 38.2 Å². The number of aromatic nitrogens is 6. The Balaban J connectivity index is 0.000000175. The fourth-order valence-electron chi connectivity index (χ4n) is 12.2. The van der Waals surface area contributed by atoms with E-state index >= 15 is 0 Å². The zero-order valence-electron chi connectivity index (χ0n) is 55.3. The molecule has 0 aliphatic carbocycles. The molecule has 8 N–H and O–H groups in total. The van der Waals surface area contributed by atoms with Crippen molar-refractivity contribution >= 4 is 87.1 Å². The van der Waals surface area contributed by atoms with Crippen molar-refractivity contribution in [3.8, 4) is 0 Å². The van der Waals surface area contributed by atoms with E-state index in [4.69, 9.17) is 43.1 Å². The van der Waals surface area contributed by atoms with Gasteiger partial charge in [0.2, 0.25) is 5.91 Å². The van der Waals surface area contributed by atoms with Gasteiger partial charge in [-0.15, -0.1) is 0 Å². The lowest BCUT2D eigenvalue weighted by Crippen LogP contribution is -2.64. The lowest BCUT2D eigenvalue weighted by Gasteiger charge is -2.42. The molecule has 4 saturated heterocycles. The number of likely N-dealkylation sites (tertiary alicyclic amines) is 1. The third kappa shape index (κ3) is 20.1. The number of alkyl carbamates (subject to hydrolysis) is 2. The highest BCUT2D eigenvalue weighted by Gasteiger charge is 2.46. The van der Waals surface area contributed by atoms with E-state index in [2.05, 4.69) is 60.6 Å². The number of anilines is 2. The Hall–Kier alpha value is -8.29. The zero-order valence-corrected chi connectivity index (χ0v) is 56.8. The van der Waals surface area contributed by atoms with Crippen LogP contribution in [0.3, 0.4) is 0 Å². The van der Waals surface area contributed by atoms with Gasteiger partial charge in [0.15, 0.2) is 0 Å². The van der Waals surface area contributed by atoms with Crippen LogP contribution >= 0.6 is 23.2 Å². The number of hydrogen-bond donors (Lipinski definition) is 7. The summed E-state index contributed by atoms with van der Waals surface area (Å²) in [6.07, 6.45) is 11.7. The number of rotatable bonds is 17. The number of aromatic amines is 2. The summed E-state index contributed by atoms with van der Waals surface area (Å²) in [6, 6.07) is 28.7. The second-order valence-electron chi connectivity index (χ2n) is 26.7. The quantitative estimate of drug-likeness (QED) is 0.0417. The number of ether oxygens (including phenoxy) is 3. The Labute approximate surface area is 565 Å². The minimum absolute atomic E-state index is 0.00358. The molecule has 4 amide bonds. The first-order valence-corrected chi connectivity index (χ1v) is 33.5. The van der Waals surface area contributed by atoms with Crippen molar-refractivity contribution in [2.24, 2.45) is 5.73 Å². The van der Waals surface area contributed by atoms with Crippen LogP contribution in [0, 0.1) is 0 Å². The van der Waals surface area contributed by atoms with Crippen molar-refractivity contribution < 1.29 is 43.3 Å². The minimum atomic E-state index is -1.34. The molecule has 26 heteroatoms. The van der Waals surface area contributed by atoms with Crippen LogP contribution in [0.25, 0.3) is 22.1 Å². The molecular weight excluding hydrogens is 1250 g/mol. The predicted molar refractivity (Wildman–Crippen MR) is 367 cm³/mol. The van der Waals surface area contributed by atoms with E-state index in [0.29, 0.717) is 63.7 Å². The topological polar surface area (TPSA) is 295 Å². The number of benzene rings is 3. The Bertz CT molecular complexity index is 3630. The number of hydrogen-bond acceptors (Lipinski definition) is 17. The van der Waals surface area contributed by atoms with Gasteiger partial charge in [0.25, 0.3) is 0 Å². The number of carbonyl (C=O) groups is 5. The van der Waals surface area contributed by atoms with Gasteiger partial charge in [-0.3, -0.25) is 9.69 Å². The van der Waals surface area contributed by atoms with Gasteiger partial charge in [-0.2, -0.15) is 0 Å². The number of carboxylic acids is 1. The molecule has 4 fully saturated rings. The maximum absolute atomic E-state index is 14.3. The van der Waals surface area contributed by atoms with Crippen molar-refractivity contribution in [1.82, 2.24) is 60.6 Å². The van der Waals surface area contributed by atoms with Crippen molar-refractivity contribution in [2.45, 2.75) is 140 Å². The number of piperidine rings is 3. The number of nitrogens with one attached hydrogen (secondary N) is 5. The van der Waals surface area contributed by atoms with E-state index in [1.165, 1.54) is 25.6 Å². The van der Waals surface area contributed by atoms with Crippen molar-refractivity contribution in [2.75, 3.05) is 88.3 Å². The summed E-state index contributed by atoms with van der Waals surface area (Å²) in [6.45, 7) is 19.9. The molecule has 4 aliphatic rings. The smallest absolute Gasteiger partial charge is 0.410 e. The molecule has 95 heavy (non-hydrogen) atoms. The summed E-state index contributed by atoms with van der Waals surface area (Å²) in [5, 5.41) is 21.8. The number of aliphatic carboxylic acids is 1. The maximum atomic E-state index is 14.3. The Morgan fingerprint density at radius 3 is 1.57 bits per heavy atom. The highest BCUT2D eigenvalue weighted by atomic mass is 35.5. The molecule has 2 atom stereocenters. The molecule has 0 radical (unpaired) electrons. The van der Waals surface area contributed by atoms with E-state index in [0.717, 1.165) is 108 Å². The number of carboxylic acid groups (broad SMARTS) is 1. The summed E-state index contributed by atoms with van der Waals surface area (Å²) >= 11 is 12.1. The Morgan fingerprint density at radius 1 is 0.589 bits per heavy atom. The second kappa shape index (κ2) is 32.4. The van der Waals surface area contributed by atoms with Gasteiger partial charge in [0.1, 0.15) is 64.5 Å². The molecule has 0 unspecified atom stereocenters. The van der Waals surface area contributed by atoms with Gasteiger partial charge in [0, 0.05) is 93.9 Å². The van der Waals surface area contributed by atoms with Crippen molar-refractivity contribution in [1.29, 1.82) is 0 Å². The van der Waals surface area contributed by atoms with Gasteiger partial charge in [-0.25, -0.2) is 39.1 Å². The molecule has 510 valence electrons. The van der Waals surface area contributed by atoms with Crippen LogP contribution in [-0.4, -0.2) is 181 Å². The van der Waals surface area contributed by atoms with Crippen molar-refractivity contribution in [3.05, 3.63) is 143 Å². The highest BCUT2D eigenvalue weighted by Crippen LogP contribution is 2.33. The molecule has 11 rings (SSSR count). The van der Waals surface area contributed by atoms with E-state index in [9.17, 15) is 29.1 Å². The molecule has 8 heterocycles. The zero-order chi connectivity index (χ0) is 67.8. The molecule has 3 aromatic carbocycles. The summed E-state index contributed by atoms with van der Waals surface area (Å²) < 4.78 is 16.2. The average Bonchev–Trinajstić information content (AvgIpc) is 1.27. The van der Waals surface area contributed by atoms with E-state index in [-0.39, 0.29) is 36.9 Å². The number of amides is 4. The molecular formula is C69H91Cl2N15O9. The monoisotopic (exact) mass is 1340 g/mol. The van der Waals surface area contributed by atoms with Crippen LogP contribution in [0.15, 0.2) is 116 Å². The molecule has 4 aliphatic heterocycles. The van der Waals surface area contributed by atoms with E-state index in [1.807, 2.05) is 123 Å². The number of nitrogens with zero attached hydrogens (tertiary/aromatic N) is 9. The third-order valence-electron chi connectivity index (χ3n) is 17.5. The van der Waals surface area contributed by atoms with Crippen LogP contribution in [0.4, 0.5) is 26.0 Å². The SMILES string of the molecule is CC(C)(C)OC(=O)NC1(C(=O)N[C@@H](CCN2CCCCC2)c2ccc(Cl)cc2)CCN(c2ncnc3[nH]ccc23)CC1.CC(C)(C)OC(=O)NC1(C(=O)O)CCN(c2ncnc3[nH]ccc23)CC1.N[C@@H](CCN1CCN(C(=O)OCc2ccccc2)CC1)c1ccc(Cl)cc1. The lowest BCUT2D eigenvalue weighted by molar-refractivity contribution is -0.145. The first-order chi connectivity index (χ1) is 45.4. The first-order valence-electron chi connectivity index (χ1n) is 32.7. The van der Waals surface area contributed by atoms with Gasteiger partial charge in [-0.1, -0.05) is 84.2 Å². The average molecular weight is 1350 g/mol.